The molecule has 1 aliphatic heterocycles. The van der Waals surface area contributed by atoms with E-state index in [2.05, 4.69) is 21.4 Å². The second-order valence-electron chi connectivity index (χ2n) is 6.38. The van der Waals surface area contributed by atoms with Crippen LogP contribution in [0.3, 0.4) is 0 Å². The summed E-state index contributed by atoms with van der Waals surface area (Å²) in [6.07, 6.45) is 0.862. The summed E-state index contributed by atoms with van der Waals surface area (Å²) in [7, 11) is 1.62. The van der Waals surface area contributed by atoms with E-state index in [1.54, 1.807) is 25.0 Å². The van der Waals surface area contributed by atoms with Crippen LogP contribution in [0.2, 0.25) is 0 Å². The molecule has 1 aromatic heterocycles. The smallest absolute Gasteiger partial charge is 0.277 e. The van der Waals surface area contributed by atoms with Crippen molar-refractivity contribution in [1.82, 2.24) is 9.97 Å². The number of fused-ring (bicyclic) bond motifs is 1. The molecule has 0 fully saturated rings. The largest absolute Gasteiger partial charge is 0.497 e. The first-order valence-electron chi connectivity index (χ1n) is 8.80. The zero-order valence-corrected chi connectivity index (χ0v) is 15.3. The number of hydrogen-bond donors (Lipinski definition) is 1. The summed E-state index contributed by atoms with van der Waals surface area (Å²) in [6, 6.07) is 17.2. The summed E-state index contributed by atoms with van der Waals surface area (Å²) in [5.41, 5.74) is 3.36. The lowest BCUT2D eigenvalue weighted by Gasteiger charge is -2.17. The topological polar surface area (TPSA) is 67.3 Å². The number of para-hydroxylation sites is 1. The van der Waals surface area contributed by atoms with Gasteiger partial charge in [-0.2, -0.15) is 0 Å². The molecule has 27 heavy (non-hydrogen) atoms. The van der Waals surface area contributed by atoms with E-state index in [0.717, 1.165) is 23.5 Å². The van der Waals surface area contributed by atoms with Gasteiger partial charge in [-0.1, -0.05) is 24.3 Å². The second kappa shape index (κ2) is 7.07. The highest BCUT2D eigenvalue weighted by molar-refractivity contribution is 6.06. The fourth-order valence-electron chi connectivity index (χ4n) is 3.28. The van der Waals surface area contributed by atoms with E-state index in [4.69, 9.17) is 4.74 Å². The molecule has 1 amide bonds. The van der Waals surface area contributed by atoms with E-state index in [0.29, 0.717) is 23.9 Å². The van der Waals surface area contributed by atoms with E-state index in [1.165, 1.54) is 5.56 Å². The van der Waals surface area contributed by atoms with Crippen molar-refractivity contribution in [2.24, 2.45) is 0 Å². The van der Waals surface area contributed by atoms with Crippen molar-refractivity contribution >= 4 is 23.1 Å². The molecule has 6 nitrogen and oxygen atoms in total. The maximum atomic E-state index is 13.1. The van der Waals surface area contributed by atoms with Crippen LogP contribution in [0.25, 0.3) is 0 Å². The summed E-state index contributed by atoms with van der Waals surface area (Å²) < 4.78 is 5.25. The molecule has 3 aromatic rings. The van der Waals surface area contributed by atoms with Crippen LogP contribution in [0.15, 0.2) is 54.6 Å². The third-order valence-electron chi connectivity index (χ3n) is 4.53. The van der Waals surface area contributed by atoms with Gasteiger partial charge in [-0.3, -0.25) is 4.79 Å². The van der Waals surface area contributed by atoms with Gasteiger partial charge in [0, 0.05) is 30.1 Å². The maximum Gasteiger partial charge on any atom is 0.277 e. The molecule has 2 aromatic carbocycles. The Kier molecular flexibility index (Phi) is 4.46. The number of carbonyl (C=O) groups excluding carboxylic acids is 1. The number of rotatable bonds is 4. The lowest BCUT2D eigenvalue weighted by Crippen LogP contribution is -2.30. The molecular formula is C21H20N4O2. The van der Waals surface area contributed by atoms with Crippen molar-refractivity contribution in [3.05, 3.63) is 71.7 Å². The number of hydrogen-bond acceptors (Lipinski definition) is 5. The molecule has 1 aliphatic rings. The molecule has 0 aliphatic carbocycles. The Balaban J connectivity index is 1.62. The van der Waals surface area contributed by atoms with Crippen molar-refractivity contribution < 1.29 is 9.53 Å². The highest BCUT2D eigenvalue weighted by atomic mass is 16.5. The van der Waals surface area contributed by atoms with Crippen LogP contribution in [-0.2, 0) is 6.42 Å². The first-order chi connectivity index (χ1) is 13.1. The average Bonchev–Trinajstić information content (AvgIpc) is 3.11. The lowest BCUT2D eigenvalue weighted by atomic mass is 10.2. The molecule has 0 saturated carbocycles. The predicted molar refractivity (Wildman–Crippen MR) is 105 cm³/mol. The standard InChI is InChI=1S/C21H20N4O2/c1-14-22-18(21(26)25-11-10-15-6-3-4-9-19(15)25)13-20(23-14)24-16-7-5-8-17(12-16)27-2/h3-9,12-13H,10-11H2,1-2H3,(H,22,23,24). The number of methoxy groups -OCH3 is 1. The summed E-state index contributed by atoms with van der Waals surface area (Å²) >= 11 is 0. The van der Waals surface area contributed by atoms with Gasteiger partial charge < -0.3 is 15.0 Å². The molecule has 2 heterocycles. The second-order valence-corrected chi connectivity index (χ2v) is 6.38. The number of benzene rings is 2. The highest BCUT2D eigenvalue weighted by Gasteiger charge is 2.26. The third kappa shape index (κ3) is 3.46. The van der Waals surface area contributed by atoms with Gasteiger partial charge in [-0.15, -0.1) is 0 Å². The fraction of sp³-hybridized carbons (Fsp3) is 0.190. The van der Waals surface area contributed by atoms with Gasteiger partial charge in [0.15, 0.2) is 0 Å². The molecule has 0 bridgehead atoms. The van der Waals surface area contributed by atoms with Crippen LogP contribution >= 0.6 is 0 Å². The molecule has 136 valence electrons. The van der Waals surface area contributed by atoms with Crippen molar-refractivity contribution in [2.75, 3.05) is 23.9 Å². The predicted octanol–water partition coefficient (Wildman–Crippen LogP) is 3.74. The van der Waals surface area contributed by atoms with Crippen LogP contribution in [0.1, 0.15) is 21.9 Å². The summed E-state index contributed by atoms with van der Waals surface area (Å²) in [5, 5.41) is 3.22. The lowest BCUT2D eigenvalue weighted by molar-refractivity contribution is 0.0984. The van der Waals surface area contributed by atoms with E-state index in [-0.39, 0.29) is 5.91 Å². The molecule has 6 heteroatoms. The Labute approximate surface area is 157 Å². The molecule has 0 radical (unpaired) electrons. The number of nitrogens with zero attached hydrogens (tertiary/aromatic N) is 3. The fourth-order valence-corrected chi connectivity index (χ4v) is 3.28. The van der Waals surface area contributed by atoms with Gasteiger partial charge in [-0.25, -0.2) is 9.97 Å². The Morgan fingerprint density at radius 2 is 1.96 bits per heavy atom. The average molecular weight is 360 g/mol. The van der Waals surface area contributed by atoms with Crippen molar-refractivity contribution in [1.29, 1.82) is 0 Å². The molecular weight excluding hydrogens is 340 g/mol. The minimum absolute atomic E-state index is 0.112. The minimum Gasteiger partial charge on any atom is -0.497 e. The number of amides is 1. The van der Waals surface area contributed by atoms with Gasteiger partial charge in [0.1, 0.15) is 23.1 Å². The normalized spacial score (nSPS) is 12.6. The van der Waals surface area contributed by atoms with E-state index in [9.17, 15) is 4.79 Å². The number of nitrogens with one attached hydrogen (secondary N) is 1. The maximum absolute atomic E-state index is 13.1. The zero-order valence-electron chi connectivity index (χ0n) is 15.3. The quantitative estimate of drug-likeness (QED) is 0.768. The van der Waals surface area contributed by atoms with Gasteiger partial charge >= 0.3 is 0 Å². The summed E-state index contributed by atoms with van der Waals surface area (Å²) in [4.78, 5) is 23.6. The zero-order chi connectivity index (χ0) is 18.8. The van der Waals surface area contributed by atoms with Crippen LogP contribution in [0.4, 0.5) is 17.2 Å². The number of aryl methyl sites for hydroxylation is 1. The van der Waals surface area contributed by atoms with E-state index in [1.807, 2.05) is 42.5 Å². The number of aromatic nitrogens is 2. The molecule has 1 N–H and O–H groups in total. The minimum atomic E-state index is -0.112. The Bertz CT molecular complexity index is 1000. The number of ether oxygens (including phenoxy) is 1. The van der Waals surface area contributed by atoms with Crippen LogP contribution < -0.4 is 15.0 Å². The Morgan fingerprint density at radius 1 is 1.11 bits per heavy atom. The van der Waals surface area contributed by atoms with Crippen molar-refractivity contribution in [2.45, 2.75) is 13.3 Å². The van der Waals surface area contributed by atoms with E-state index < -0.39 is 0 Å². The van der Waals surface area contributed by atoms with E-state index >= 15 is 0 Å². The van der Waals surface area contributed by atoms with Gasteiger partial charge in [0.25, 0.3) is 5.91 Å². The van der Waals surface area contributed by atoms with Crippen molar-refractivity contribution in [3.8, 4) is 5.75 Å². The first kappa shape index (κ1) is 17.0. The van der Waals surface area contributed by atoms with Gasteiger partial charge in [0.05, 0.1) is 7.11 Å². The number of carbonyl (C=O) groups is 1. The summed E-state index contributed by atoms with van der Waals surface area (Å²) in [6.45, 7) is 2.45. The molecule has 0 atom stereocenters. The number of anilines is 3. The van der Waals surface area contributed by atoms with Gasteiger partial charge in [0.2, 0.25) is 0 Å². The Morgan fingerprint density at radius 3 is 2.81 bits per heavy atom. The van der Waals surface area contributed by atoms with Crippen molar-refractivity contribution in [3.63, 3.8) is 0 Å². The van der Waals surface area contributed by atoms with Crippen LogP contribution in [0, 0.1) is 6.92 Å². The summed E-state index contributed by atoms with van der Waals surface area (Å²) in [5.74, 6) is 1.75. The highest BCUT2D eigenvalue weighted by Crippen LogP contribution is 2.29. The SMILES string of the molecule is COc1cccc(Nc2cc(C(=O)N3CCc4ccccc43)nc(C)n2)c1. The molecule has 4 rings (SSSR count). The first-order valence-corrected chi connectivity index (χ1v) is 8.80. The third-order valence-corrected chi connectivity index (χ3v) is 4.53. The van der Waals surface area contributed by atoms with Crippen LogP contribution in [-0.4, -0.2) is 29.5 Å². The Hall–Kier alpha value is -3.41. The molecule has 0 spiro atoms. The monoisotopic (exact) mass is 360 g/mol. The van der Waals surface area contributed by atoms with Gasteiger partial charge in [-0.05, 0) is 37.1 Å². The molecule has 0 unspecified atom stereocenters. The molecule has 0 saturated heterocycles. The van der Waals surface area contributed by atoms with Crippen LogP contribution in [0.5, 0.6) is 5.75 Å².